The van der Waals surface area contributed by atoms with Crippen molar-refractivity contribution in [3.63, 3.8) is 0 Å². The smallest absolute Gasteiger partial charge is 0.223 e. The molecular weight excluding hydrogens is 309 g/mol. The van der Waals surface area contributed by atoms with E-state index in [4.69, 9.17) is 9.47 Å². The van der Waals surface area contributed by atoms with Crippen LogP contribution in [0.3, 0.4) is 0 Å². The zero-order chi connectivity index (χ0) is 17.6. The second kappa shape index (κ2) is 8.47. The molecule has 4 nitrogen and oxygen atoms in total. The highest BCUT2D eigenvalue weighted by molar-refractivity contribution is 5.79. The van der Waals surface area contributed by atoms with Gasteiger partial charge in [0.25, 0.3) is 0 Å². The molecule has 0 bridgehead atoms. The van der Waals surface area contributed by atoms with Crippen LogP contribution in [-0.2, 0) is 15.1 Å². The van der Waals surface area contributed by atoms with Crippen molar-refractivity contribution in [1.82, 2.24) is 5.32 Å². The molecule has 2 rings (SSSR count). The van der Waals surface area contributed by atoms with Crippen molar-refractivity contribution < 1.29 is 18.7 Å². The standard InChI is InChI=1S/C19H28FNO3/c1-4-5-6-14(2)18(22)21-19(9-11-24-12-10-19)15-7-8-17(23-3)16(20)13-15/h7-8,13-14H,4-6,9-12H2,1-3H3,(H,21,22)/t14-/m1/s1. The third kappa shape index (κ3) is 4.26. The van der Waals surface area contributed by atoms with Gasteiger partial charge in [0.05, 0.1) is 12.6 Å². The Kier molecular flexibility index (Phi) is 6.60. The summed E-state index contributed by atoms with van der Waals surface area (Å²) in [4.78, 5) is 12.6. The summed E-state index contributed by atoms with van der Waals surface area (Å²) in [6, 6.07) is 4.93. The molecule has 1 aliphatic rings. The summed E-state index contributed by atoms with van der Waals surface area (Å²) < 4.78 is 24.6. The van der Waals surface area contributed by atoms with Gasteiger partial charge in [-0.05, 0) is 37.0 Å². The minimum atomic E-state index is -0.567. The van der Waals surface area contributed by atoms with E-state index >= 15 is 0 Å². The van der Waals surface area contributed by atoms with Gasteiger partial charge in [0.1, 0.15) is 0 Å². The van der Waals surface area contributed by atoms with Gasteiger partial charge in [0.15, 0.2) is 11.6 Å². The van der Waals surface area contributed by atoms with E-state index < -0.39 is 11.4 Å². The molecule has 1 N–H and O–H groups in total. The Labute approximate surface area is 143 Å². The first-order valence-electron chi connectivity index (χ1n) is 8.76. The van der Waals surface area contributed by atoms with Gasteiger partial charge in [-0.1, -0.05) is 32.8 Å². The third-order valence-electron chi connectivity index (χ3n) is 4.85. The average Bonchev–Trinajstić information content (AvgIpc) is 2.60. The van der Waals surface area contributed by atoms with Crippen LogP contribution < -0.4 is 10.1 Å². The first-order valence-corrected chi connectivity index (χ1v) is 8.76. The third-order valence-corrected chi connectivity index (χ3v) is 4.85. The molecule has 24 heavy (non-hydrogen) atoms. The zero-order valence-electron chi connectivity index (χ0n) is 14.9. The van der Waals surface area contributed by atoms with E-state index in [0.29, 0.717) is 26.1 Å². The molecule has 1 aromatic carbocycles. The summed E-state index contributed by atoms with van der Waals surface area (Å²) in [5.41, 5.74) is 0.211. The number of methoxy groups -OCH3 is 1. The van der Waals surface area contributed by atoms with Gasteiger partial charge in [-0.2, -0.15) is 0 Å². The van der Waals surface area contributed by atoms with Crippen molar-refractivity contribution in [2.45, 2.75) is 51.5 Å². The van der Waals surface area contributed by atoms with Crippen LogP contribution in [0.5, 0.6) is 5.75 Å². The predicted octanol–water partition coefficient (Wildman–Crippen LogP) is 3.78. The van der Waals surface area contributed by atoms with E-state index in [2.05, 4.69) is 12.2 Å². The number of hydrogen-bond donors (Lipinski definition) is 1. The summed E-state index contributed by atoms with van der Waals surface area (Å²) in [5, 5.41) is 3.20. The molecular formula is C19H28FNO3. The lowest BCUT2D eigenvalue weighted by Crippen LogP contribution is -2.51. The number of carbonyl (C=O) groups excluding carboxylic acids is 1. The van der Waals surface area contributed by atoms with Crippen LogP contribution >= 0.6 is 0 Å². The number of carbonyl (C=O) groups is 1. The second-order valence-corrected chi connectivity index (χ2v) is 6.58. The molecule has 0 aromatic heterocycles. The molecule has 1 heterocycles. The van der Waals surface area contributed by atoms with Crippen LogP contribution in [0.1, 0.15) is 51.5 Å². The molecule has 0 spiro atoms. The summed E-state index contributed by atoms with van der Waals surface area (Å²) in [6.07, 6.45) is 4.25. The Morgan fingerprint density at radius 1 is 1.42 bits per heavy atom. The van der Waals surface area contributed by atoms with Crippen LogP contribution in [0.4, 0.5) is 4.39 Å². The Bertz CT molecular complexity index is 556. The van der Waals surface area contributed by atoms with E-state index in [1.165, 1.54) is 13.2 Å². The van der Waals surface area contributed by atoms with Crippen LogP contribution in [0.2, 0.25) is 0 Å². The largest absolute Gasteiger partial charge is 0.494 e. The molecule has 1 atom stereocenters. The first-order chi connectivity index (χ1) is 11.5. The zero-order valence-corrected chi connectivity index (χ0v) is 14.9. The lowest BCUT2D eigenvalue weighted by atomic mass is 9.82. The van der Waals surface area contributed by atoms with Gasteiger partial charge in [0.2, 0.25) is 5.91 Å². The van der Waals surface area contributed by atoms with Crippen LogP contribution in [-0.4, -0.2) is 26.2 Å². The van der Waals surface area contributed by atoms with E-state index in [9.17, 15) is 9.18 Å². The maximum Gasteiger partial charge on any atom is 0.223 e. The summed E-state index contributed by atoms with van der Waals surface area (Å²) in [7, 11) is 1.44. The molecule has 5 heteroatoms. The van der Waals surface area contributed by atoms with Crippen molar-refractivity contribution in [2.75, 3.05) is 20.3 Å². The van der Waals surface area contributed by atoms with Gasteiger partial charge in [-0.15, -0.1) is 0 Å². The number of nitrogens with one attached hydrogen (secondary N) is 1. The fourth-order valence-electron chi connectivity index (χ4n) is 3.17. The minimum Gasteiger partial charge on any atom is -0.494 e. The highest BCUT2D eigenvalue weighted by atomic mass is 19.1. The highest BCUT2D eigenvalue weighted by Crippen LogP contribution is 2.34. The molecule has 134 valence electrons. The highest BCUT2D eigenvalue weighted by Gasteiger charge is 2.37. The lowest BCUT2D eigenvalue weighted by Gasteiger charge is -2.39. The molecule has 1 saturated heterocycles. The molecule has 0 saturated carbocycles. The summed E-state index contributed by atoms with van der Waals surface area (Å²) in [5.74, 6) is -0.216. The van der Waals surface area contributed by atoms with Gasteiger partial charge in [-0.25, -0.2) is 4.39 Å². The van der Waals surface area contributed by atoms with Crippen LogP contribution in [0.15, 0.2) is 18.2 Å². The van der Waals surface area contributed by atoms with Crippen molar-refractivity contribution in [2.24, 2.45) is 5.92 Å². The summed E-state index contributed by atoms with van der Waals surface area (Å²) in [6.45, 7) is 5.17. The number of hydrogen-bond acceptors (Lipinski definition) is 3. The Morgan fingerprint density at radius 2 is 2.12 bits per heavy atom. The Morgan fingerprint density at radius 3 is 2.71 bits per heavy atom. The average molecular weight is 337 g/mol. The lowest BCUT2D eigenvalue weighted by molar-refractivity contribution is -0.128. The fraction of sp³-hybridized carbons (Fsp3) is 0.632. The molecule has 1 aliphatic heterocycles. The number of benzene rings is 1. The van der Waals surface area contributed by atoms with Gasteiger partial charge < -0.3 is 14.8 Å². The molecule has 0 aliphatic carbocycles. The summed E-state index contributed by atoms with van der Waals surface area (Å²) >= 11 is 0. The molecule has 1 aromatic rings. The predicted molar refractivity (Wildman–Crippen MR) is 91.5 cm³/mol. The number of rotatable bonds is 7. The molecule has 0 unspecified atom stereocenters. The Balaban J connectivity index is 2.23. The fourth-order valence-corrected chi connectivity index (χ4v) is 3.17. The quantitative estimate of drug-likeness (QED) is 0.823. The van der Waals surface area contributed by atoms with Crippen molar-refractivity contribution in [3.05, 3.63) is 29.6 Å². The van der Waals surface area contributed by atoms with Gasteiger partial charge >= 0.3 is 0 Å². The Hall–Kier alpha value is -1.62. The normalized spacial score (nSPS) is 18.0. The molecule has 1 amide bonds. The number of amides is 1. The van der Waals surface area contributed by atoms with Crippen LogP contribution in [0.25, 0.3) is 0 Å². The van der Waals surface area contributed by atoms with Gasteiger partial charge in [0, 0.05) is 19.1 Å². The molecule has 1 fully saturated rings. The topological polar surface area (TPSA) is 47.6 Å². The van der Waals surface area contributed by atoms with Crippen molar-refractivity contribution >= 4 is 5.91 Å². The van der Waals surface area contributed by atoms with E-state index in [1.54, 1.807) is 6.07 Å². The number of unbranched alkanes of at least 4 members (excludes halogenated alkanes) is 1. The SMILES string of the molecule is CCCC[C@@H](C)C(=O)NC1(c2ccc(OC)c(F)c2)CCOCC1. The monoisotopic (exact) mass is 337 g/mol. The van der Waals surface area contributed by atoms with E-state index in [0.717, 1.165) is 24.8 Å². The number of halogens is 1. The van der Waals surface area contributed by atoms with Gasteiger partial charge in [-0.3, -0.25) is 4.79 Å². The maximum atomic E-state index is 14.2. The number of ether oxygens (including phenoxy) is 2. The second-order valence-electron chi connectivity index (χ2n) is 6.58. The first kappa shape index (κ1) is 18.7. The maximum absolute atomic E-state index is 14.2. The molecule has 0 radical (unpaired) electrons. The van der Waals surface area contributed by atoms with Crippen molar-refractivity contribution in [1.29, 1.82) is 0 Å². The minimum absolute atomic E-state index is 0.0292. The van der Waals surface area contributed by atoms with Crippen LogP contribution in [0, 0.1) is 11.7 Å². The van der Waals surface area contributed by atoms with E-state index in [1.807, 2.05) is 13.0 Å². The van der Waals surface area contributed by atoms with Crippen molar-refractivity contribution in [3.8, 4) is 5.75 Å². The van der Waals surface area contributed by atoms with E-state index in [-0.39, 0.29) is 17.6 Å².